The number of nitrogens with zero attached hydrogens (tertiary/aromatic N) is 1. The van der Waals surface area contributed by atoms with Crippen molar-refractivity contribution in [2.24, 2.45) is 10.7 Å². The zero-order valence-corrected chi connectivity index (χ0v) is 19.9. The number of carbonyl (C=O) groups is 2. The highest BCUT2D eigenvalue weighted by atomic mass is 16.5. The third-order valence-electron chi connectivity index (χ3n) is 5.26. The van der Waals surface area contributed by atoms with Crippen LogP contribution >= 0.6 is 0 Å². The second kappa shape index (κ2) is 12.8. The third kappa shape index (κ3) is 7.89. The fraction of sp³-hybridized carbons (Fsp3) is 0.222. The van der Waals surface area contributed by atoms with Gasteiger partial charge in [-0.15, -0.1) is 0 Å². The van der Waals surface area contributed by atoms with E-state index in [-0.39, 0.29) is 24.2 Å². The molecule has 0 bridgehead atoms. The maximum Gasteiger partial charge on any atom is 0.245 e. The van der Waals surface area contributed by atoms with E-state index in [1.54, 1.807) is 25.3 Å². The highest BCUT2D eigenvalue weighted by Crippen LogP contribution is 2.27. The van der Waals surface area contributed by atoms with Crippen LogP contribution in [0.5, 0.6) is 11.5 Å². The lowest BCUT2D eigenvalue weighted by Gasteiger charge is -2.15. The average molecular weight is 475 g/mol. The summed E-state index contributed by atoms with van der Waals surface area (Å²) in [5, 5.41) is 5.48. The third-order valence-corrected chi connectivity index (χ3v) is 5.26. The van der Waals surface area contributed by atoms with Crippen molar-refractivity contribution < 1.29 is 19.1 Å². The summed E-state index contributed by atoms with van der Waals surface area (Å²) in [6, 6.07) is 23.5. The number of ether oxygens (including phenoxy) is 2. The normalized spacial score (nSPS) is 11.9. The van der Waals surface area contributed by atoms with Crippen LogP contribution in [0.2, 0.25) is 0 Å². The molecule has 0 fully saturated rings. The van der Waals surface area contributed by atoms with Crippen LogP contribution in [-0.2, 0) is 29.0 Å². The maximum atomic E-state index is 13.0. The van der Waals surface area contributed by atoms with E-state index in [9.17, 15) is 9.59 Å². The topological polar surface area (TPSA) is 115 Å². The molecule has 0 aromatic heterocycles. The lowest BCUT2D eigenvalue weighted by atomic mass is 10.1. The first-order valence-corrected chi connectivity index (χ1v) is 11.2. The number of hydrogen-bond donors (Lipinski definition) is 3. The van der Waals surface area contributed by atoms with Gasteiger partial charge in [0, 0.05) is 13.0 Å². The molecule has 0 radical (unpaired) electrons. The zero-order chi connectivity index (χ0) is 25.0. The average Bonchev–Trinajstić information content (AvgIpc) is 2.87. The zero-order valence-electron chi connectivity index (χ0n) is 19.9. The SMILES string of the molecule is COc1ccc(CC(=O)NC(N)=NC(Cc2ccccc2)C(=O)NCc2ccccc2)cc1OC. The van der Waals surface area contributed by atoms with Gasteiger partial charge in [-0.1, -0.05) is 66.7 Å². The van der Waals surface area contributed by atoms with Crippen molar-refractivity contribution >= 4 is 17.8 Å². The molecular weight excluding hydrogens is 444 g/mol. The monoisotopic (exact) mass is 474 g/mol. The van der Waals surface area contributed by atoms with Crippen LogP contribution in [0.25, 0.3) is 0 Å². The molecule has 2 amide bonds. The van der Waals surface area contributed by atoms with E-state index in [1.807, 2.05) is 60.7 Å². The van der Waals surface area contributed by atoms with Crippen LogP contribution in [0.1, 0.15) is 16.7 Å². The minimum Gasteiger partial charge on any atom is -0.493 e. The van der Waals surface area contributed by atoms with Gasteiger partial charge in [0.2, 0.25) is 11.8 Å². The summed E-state index contributed by atoms with van der Waals surface area (Å²) in [7, 11) is 3.07. The van der Waals surface area contributed by atoms with Gasteiger partial charge in [0.1, 0.15) is 6.04 Å². The molecule has 4 N–H and O–H groups in total. The van der Waals surface area contributed by atoms with Gasteiger partial charge in [-0.25, -0.2) is 4.99 Å². The Labute approximate surface area is 205 Å². The first kappa shape index (κ1) is 25.3. The van der Waals surface area contributed by atoms with Crippen molar-refractivity contribution in [2.45, 2.75) is 25.4 Å². The molecule has 3 rings (SSSR count). The Kier molecular flexibility index (Phi) is 9.24. The molecule has 0 saturated carbocycles. The predicted octanol–water partition coefficient (Wildman–Crippen LogP) is 2.60. The van der Waals surface area contributed by atoms with Crippen LogP contribution in [-0.4, -0.2) is 38.0 Å². The molecule has 0 aliphatic carbocycles. The minimum atomic E-state index is -0.803. The number of aliphatic imine (C=N–C) groups is 1. The van der Waals surface area contributed by atoms with Crippen LogP contribution in [0.15, 0.2) is 83.9 Å². The fourth-order valence-electron chi connectivity index (χ4n) is 3.50. The largest absolute Gasteiger partial charge is 0.493 e. The molecule has 0 aliphatic heterocycles. The van der Waals surface area contributed by atoms with Crippen LogP contribution < -0.4 is 25.8 Å². The lowest BCUT2D eigenvalue weighted by molar-refractivity contribution is -0.122. The van der Waals surface area contributed by atoms with Crippen molar-refractivity contribution in [1.82, 2.24) is 10.6 Å². The maximum absolute atomic E-state index is 13.0. The van der Waals surface area contributed by atoms with Crippen LogP contribution in [0.4, 0.5) is 0 Å². The molecule has 0 saturated heterocycles. The Balaban J connectivity index is 1.68. The quantitative estimate of drug-likeness (QED) is 0.309. The van der Waals surface area contributed by atoms with Gasteiger partial charge in [0.05, 0.1) is 20.6 Å². The molecule has 0 heterocycles. The number of amides is 2. The number of carbonyl (C=O) groups excluding carboxylic acids is 2. The lowest BCUT2D eigenvalue weighted by Crippen LogP contribution is -2.42. The van der Waals surface area contributed by atoms with Gasteiger partial charge in [-0.2, -0.15) is 0 Å². The summed E-state index contributed by atoms with van der Waals surface area (Å²) in [6.45, 7) is 0.367. The highest BCUT2D eigenvalue weighted by molar-refractivity contribution is 5.98. The Morgan fingerprint density at radius 1 is 0.857 bits per heavy atom. The summed E-state index contributed by atoms with van der Waals surface area (Å²) in [5.74, 6) is 0.336. The molecule has 3 aromatic rings. The Bertz CT molecular complexity index is 1150. The summed E-state index contributed by atoms with van der Waals surface area (Å²) in [5.41, 5.74) is 8.64. The molecule has 0 spiro atoms. The molecule has 1 unspecified atom stereocenters. The van der Waals surface area contributed by atoms with Crippen LogP contribution in [0, 0.1) is 0 Å². The number of rotatable bonds is 10. The van der Waals surface area contributed by atoms with Crippen molar-refractivity contribution in [3.8, 4) is 11.5 Å². The molecule has 8 nitrogen and oxygen atoms in total. The summed E-state index contributed by atoms with van der Waals surface area (Å²) >= 11 is 0. The van der Waals surface area contributed by atoms with Gasteiger partial charge in [-0.3, -0.25) is 14.9 Å². The molecule has 35 heavy (non-hydrogen) atoms. The van der Waals surface area contributed by atoms with Crippen molar-refractivity contribution in [2.75, 3.05) is 14.2 Å². The molecule has 1 atom stereocenters. The number of benzene rings is 3. The molecule has 0 aliphatic rings. The minimum absolute atomic E-state index is 0.0557. The van der Waals surface area contributed by atoms with Gasteiger partial charge < -0.3 is 20.5 Å². The molecular formula is C27H30N4O4. The summed E-state index contributed by atoms with van der Waals surface area (Å²) in [6.07, 6.45) is 0.397. The van der Waals surface area contributed by atoms with Crippen molar-refractivity contribution in [3.05, 3.63) is 95.6 Å². The number of guanidine groups is 1. The van der Waals surface area contributed by atoms with E-state index < -0.39 is 6.04 Å². The van der Waals surface area contributed by atoms with E-state index in [2.05, 4.69) is 15.6 Å². The molecule has 8 heteroatoms. The number of methoxy groups -OCH3 is 2. The second-order valence-electron chi connectivity index (χ2n) is 7.84. The van der Waals surface area contributed by atoms with Gasteiger partial charge in [0.15, 0.2) is 17.5 Å². The fourth-order valence-corrected chi connectivity index (χ4v) is 3.50. The van der Waals surface area contributed by atoms with E-state index in [1.165, 1.54) is 7.11 Å². The standard InChI is InChI=1S/C27H30N4O4/c1-34-23-14-13-21(16-24(23)35-2)17-25(32)31-27(28)30-22(15-19-9-5-3-6-10-19)26(33)29-18-20-11-7-4-8-12-20/h3-14,16,22H,15,17-18H2,1-2H3,(H,29,33)(H3,28,30,31,32). The Morgan fingerprint density at radius 3 is 2.11 bits per heavy atom. The molecule has 182 valence electrons. The summed E-state index contributed by atoms with van der Waals surface area (Å²) in [4.78, 5) is 29.8. The number of nitrogens with two attached hydrogens (primary N) is 1. The molecule has 3 aromatic carbocycles. The smallest absolute Gasteiger partial charge is 0.245 e. The van der Waals surface area contributed by atoms with Gasteiger partial charge >= 0.3 is 0 Å². The van der Waals surface area contributed by atoms with Gasteiger partial charge in [-0.05, 0) is 28.8 Å². The highest BCUT2D eigenvalue weighted by Gasteiger charge is 2.19. The van der Waals surface area contributed by atoms with E-state index in [4.69, 9.17) is 15.2 Å². The first-order chi connectivity index (χ1) is 17.0. The number of nitrogens with one attached hydrogen (secondary N) is 2. The summed E-state index contributed by atoms with van der Waals surface area (Å²) < 4.78 is 10.5. The number of hydrogen-bond acceptors (Lipinski definition) is 5. The van der Waals surface area contributed by atoms with E-state index in [0.29, 0.717) is 24.5 Å². The van der Waals surface area contributed by atoms with E-state index in [0.717, 1.165) is 16.7 Å². The Hall–Kier alpha value is -4.33. The van der Waals surface area contributed by atoms with Crippen LogP contribution in [0.3, 0.4) is 0 Å². The first-order valence-electron chi connectivity index (χ1n) is 11.2. The van der Waals surface area contributed by atoms with Crippen molar-refractivity contribution in [1.29, 1.82) is 0 Å². The van der Waals surface area contributed by atoms with Gasteiger partial charge in [0.25, 0.3) is 0 Å². The predicted molar refractivity (Wildman–Crippen MR) is 135 cm³/mol. The van der Waals surface area contributed by atoms with E-state index >= 15 is 0 Å². The Morgan fingerprint density at radius 2 is 1.49 bits per heavy atom. The van der Waals surface area contributed by atoms with Crippen molar-refractivity contribution in [3.63, 3.8) is 0 Å². The second-order valence-corrected chi connectivity index (χ2v) is 7.84.